The zero-order chi connectivity index (χ0) is 7.82. The lowest BCUT2D eigenvalue weighted by Gasteiger charge is -2.00. The number of amides is 1. The molecule has 0 saturated heterocycles. The third-order valence-electron chi connectivity index (χ3n) is 0.991. The molecule has 0 aromatic carbocycles. The highest BCUT2D eigenvalue weighted by molar-refractivity contribution is 5.76. The Morgan fingerprint density at radius 3 is 2.90 bits per heavy atom. The van der Waals surface area contributed by atoms with E-state index in [0.717, 1.165) is 6.42 Å². The molecule has 60 valence electrons. The lowest BCUT2D eigenvalue weighted by Crippen LogP contribution is -2.27. The number of aliphatic hydroxyl groups excluding tert-OH is 1. The van der Waals surface area contributed by atoms with Crippen molar-refractivity contribution in [3.63, 3.8) is 0 Å². The Hall–Kier alpha value is -0.610. The molecule has 0 aliphatic rings. The van der Waals surface area contributed by atoms with Crippen LogP contribution in [0.4, 0.5) is 0 Å². The van der Waals surface area contributed by atoms with Gasteiger partial charge in [0.05, 0.1) is 0 Å². The van der Waals surface area contributed by atoms with Gasteiger partial charge in [0.25, 0.3) is 0 Å². The first-order valence-corrected chi connectivity index (χ1v) is 3.17. The standard InChI is InChI=1S/C6H13NO3/c1-10-4-2-3-7-6(9)5-8/h8H,2-5H2,1H3,(H,7,9). The highest BCUT2D eigenvalue weighted by Gasteiger charge is 1.94. The van der Waals surface area contributed by atoms with E-state index in [1.165, 1.54) is 0 Å². The summed E-state index contributed by atoms with van der Waals surface area (Å²) in [7, 11) is 1.61. The smallest absolute Gasteiger partial charge is 0.245 e. The summed E-state index contributed by atoms with van der Waals surface area (Å²) in [5.74, 6) is -0.337. The summed E-state index contributed by atoms with van der Waals surface area (Å²) in [5, 5.41) is 10.7. The van der Waals surface area contributed by atoms with Crippen molar-refractivity contribution in [3.8, 4) is 0 Å². The van der Waals surface area contributed by atoms with Gasteiger partial charge in [-0.2, -0.15) is 0 Å². The van der Waals surface area contributed by atoms with Crippen molar-refractivity contribution < 1.29 is 14.6 Å². The van der Waals surface area contributed by atoms with Crippen molar-refractivity contribution in [2.45, 2.75) is 6.42 Å². The largest absolute Gasteiger partial charge is 0.387 e. The molecule has 0 saturated carbocycles. The van der Waals surface area contributed by atoms with Crippen molar-refractivity contribution in [3.05, 3.63) is 0 Å². The molecule has 0 fully saturated rings. The Morgan fingerprint density at radius 1 is 1.70 bits per heavy atom. The van der Waals surface area contributed by atoms with E-state index in [4.69, 9.17) is 9.84 Å². The fourth-order valence-electron chi connectivity index (χ4n) is 0.500. The Morgan fingerprint density at radius 2 is 2.40 bits per heavy atom. The van der Waals surface area contributed by atoms with Gasteiger partial charge in [-0.1, -0.05) is 0 Å². The van der Waals surface area contributed by atoms with Crippen LogP contribution in [0.15, 0.2) is 0 Å². The number of carbonyl (C=O) groups is 1. The summed E-state index contributed by atoms with van der Waals surface area (Å²) < 4.78 is 4.74. The predicted octanol–water partition coefficient (Wildman–Crippen LogP) is -0.869. The minimum atomic E-state index is -0.438. The second kappa shape index (κ2) is 6.51. The zero-order valence-corrected chi connectivity index (χ0v) is 6.09. The van der Waals surface area contributed by atoms with Crippen LogP contribution in [-0.2, 0) is 9.53 Å². The highest BCUT2D eigenvalue weighted by atomic mass is 16.5. The molecule has 4 nitrogen and oxygen atoms in total. The number of rotatable bonds is 5. The maximum Gasteiger partial charge on any atom is 0.245 e. The van der Waals surface area contributed by atoms with E-state index < -0.39 is 6.61 Å². The SMILES string of the molecule is COCCCNC(=O)CO. The number of nitrogens with one attached hydrogen (secondary N) is 1. The maximum atomic E-state index is 10.4. The van der Waals surface area contributed by atoms with Gasteiger partial charge in [-0.05, 0) is 6.42 Å². The zero-order valence-electron chi connectivity index (χ0n) is 6.09. The molecule has 1 amide bonds. The molecule has 0 aliphatic carbocycles. The molecule has 4 heteroatoms. The number of aliphatic hydroxyl groups is 1. The summed E-state index contributed by atoms with van der Waals surface area (Å²) >= 11 is 0. The van der Waals surface area contributed by atoms with Gasteiger partial charge in [-0.25, -0.2) is 0 Å². The Kier molecular flexibility index (Phi) is 6.11. The molecular weight excluding hydrogens is 134 g/mol. The average Bonchev–Trinajstić information content (AvgIpc) is 1.98. The maximum absolute atomic E-state index is 10.4. The molecule has 0 rings (SSSR count). The first-order chi connectivity index (χ1) is 4.81. The van der Waals surface area contributed by atoms with Crippen LogP contribution in [0.2, 0.25) is 0 Å². The van der Waals surface area contributed by atoms with Crippen LogP contribution < -0.4 is 5.32 Å². The van der Waals surface area contributed by atoms with E-state index in [1.54, 1.807) is 7.11 Å². The number of hydrogen-bond acceptors (Lipinski definition) is 3. The lowest BCUT2D eigenvalue weighted by atomic mass is 10.4. The van der Waals surface area contributed by atoms with Crippen LogP contribution in [-0.4, -0.2) is 37.9 Å². The van der Waals surface area contributed by atoms with E-state index >= 15 is 0 Å². The van der Waals surface area contributed by atoms with Gasteiger partial charge in [0.15, 0.2) is 0 Å². The van der Waals surface area contributed by atoms with Crippen molar-refractivity contribution in [1.29, 1.82) is 0 Å². The summed E-state index contributed by atoms with van der Waals surface area (Å²) in [6, 6.07) is 0. The molecule has 0 heterocycles. The first-order valence-electron chi connectivity index (χ1n) is 3.17. The van der Waals surface area contributed by atoms with Crippen molar-refractivity contribution >= 4 is 5.91 Å². The number of hydrogen-bond donors (Lipinski definition) is 2. The highest BCUT2D eigenvalue weighted by Crippen LogP contribution is 1.76. The molecule has 0 aromatic heterocycles. The van der Waals surface area contributed by atoms with E-state index in [0.29, 0.717) is 13.2 Å². The van der Waals surface area contributed by atoms with Crippen molar-refractivity contribution in [2.75, 3.05) is 26.9 Å². The van der Waals surface area contributed by atoms with Crippen LogP contribution in [0.3, 0.4) is 0 Å². The van der Waals surface area contributed by atoms with Gasteiger partial charge in [-0.3, -0.25) is 4.79 Å². The number of carbonyl (C=O) groups excluding carboxylic acids is 1. The van der Waals surface area contributed by atoms with Crippen LogP contribution >= 0.6 is 0 Å². The summed E-state index contributed by atoms with van der Waals surface area (Å²) in [4.78, 5) is 10.4. The van der Waals surface area contributed by atoms with Gasteiger partial charge >= 0.3 is 0 Å². The average molecular weight is 147 g/mol. The van der Waals surface area contributed by atoms with Crippen LogP contribution in [0.25, 0.3) is 0 Å². The van der Waals surface area contributed by atoms with E-state index in [9.17, 15) is 4.79 Å². The van der Waals surface area contributed by atoms with Crippen LogP contribution in [0, 0.1) is 0 Å². The van der Waals surface area contributed by atoms with E-state index in [-0.39, 0.29) is 5.91 Å². The molecule has 0 radical (unpaired) electrons. The summed E-state index contributed by atoms with van der Waals surface area (Å²) in [5.41, 5.74) is 0. The topological polar surface area (TPSA) is 58.6 Å². The quantitative estimate of drug-likeness (QED) is 0.497. The molecule has 0 spiro atoms. The van der Waals surface area contributed by atoms with Crippen LogP contribution in [0.5, 0.6) is 0 Å². The fourth-order valence-corrected chi connectivity index (χ4v) is 0.500. The Bertz CT molecular complexity index is 95.0. The first kappa shape index (κ1) is 9.39. The van der Waals surface area contributed by atoms with Gasteiger partial charge in [0, 0.05) is 20.3 Å². The molecule has 0 aliphatic heterocycles. The van der Waals surface area contributed by atoms with Gasteiger partial charge < -0.3 is 15.2 Å². The van der Waals surface area contributed by atoms with Gasteiger partial charge in [0.2, 0.25) is 5.91 Å². The molecule has 0 unspecified atom stereocenters. The van der Waals surface area contributed by atoms with Crippen molar-refractivity contribution in [2.24, 2.45) is 0 Å². The van der Waals surface area contributed by atoms with Gasteiger partial charge in [0.1, 0.15) is 6.61 Å². The molecule has 0 aromatic rings. The normalized spacial score (nSPS) is 9.40. The van der Waals surface area contributed by atoms with Gasteiger partial charge in [-0.15, -0.1) is 0 Å². The summed E-state index contributed by atoms with van der Waals surface area (Å²) in [6.45, 7) is 0.756. The second-order valence-electron chi connectivity index (χ2n) is 1.85. The monoisotopic (exact) mass is 147 g/mol. The Balaban J connectivity index is 2.96. The molecule has 10 heavy (non-hydrogen) atoms. The molecule has 0 bridgehead atoms. The third-order valence-corrected chi connectivity index (χ3v) is 0.991. The fraction of sp³-hybridized carbons (Fsp3) is 0.833. The number of ether oxygens (including phenoxy) is 1. The van der Waals surface area contributed by atoms with E-state index in [1.807, 2.05) is 0 Å². The minimum Gasteiger partial charge on any atom is -0.387 e. The van der Waals surface area contributed by atoms with E-state index in [2.05, 4.69) is 5.32 Å². The predicted molar refractivity (Wildman–Crippen MR) is 36.6 cm³/mol. The molecular formula is C6H13NO3. The van der Waals surface area contributed by atoms with Crippen molar-refractivity contribution in [1.82, 2.24) is 5.32 Å². The second-order valence-corrected chi connectivity index (χ2v) is 1.85. The Labute approximate surface area is 60.2 Å². The number of methoxy groups -OCH3 is 1. The summed E-state index contributed by atoms with van der Waals surface area (Å²) in [6.07, 6.45) is 0.780. The third kappa shape index (κ3) is 5.53. The minimum absolute atomic E-state index is 0.337. The lowest BCUT2D eigenvalue weighted by molar-refractivity contribution is -0.123. The van der Waals surface area contributed by atoms with Crippen LogP contribution in [0.1, 0.15) is 6.42 Å². The molecule has 2 N–H and O–H groups in total. The molecule has 0 atom stereocenters.